The number of aliphatic carboxylic acids is 1. The molecule has 0 aromatic carbocycles. The molecule has 0 N–H and O–H groups in total. The molecule has 8 nitrogen and oxygen atoms in total. The van der Waals surface area contributed by atoms with Crippen LogP contribution < -0.4 is 5.11 Å². The van der Waals surface area contributed by atoms with Gasteiger partial charge in [-0.25, -0.2) is 0 Å². The molecule has 8 heteroatoms. The van der Waals surface area contributed by atoms with Crippen molar-refractivity contribution in [1.82, 2.24) is 0 Å². The van der Waals surface area contributed by atoms with Gasteiger partial charge in [0.05, 0.1) is 40.3 Å². The molecular weight excluding hydrogens is 823 g/mol. The largest absolute Gasteiger partial charge is 0.544 e. The summed E-state index contributed by atoms with van der Waals surface area (Å²) in [5.41, 5.74) is 0. The Hall–Kier alpha value is -3.23. The van der Waals surface area contributed by atoms with Crippen molar-refractivity contribution in [3.05, 3.63) is 72.9 Å². The first kappa shape index (κ1) is 62.8. The number of allylic oxidation sites excluding steroid dienone is 12. The lowest BCUT2D eigenvalue weighted by molar-refractivity contribution is -0.889. The molecule has 0 aliphatic heterocycles. The SMILES string of the molecule is CC/C=C/C/C=C/C/C=C/CCCCCCCCCCCCCCCC(=O)OC(COCCC(C(=O)[O-])[N+](C)(C)C)COC(=O)CCCCCCCCCCC/C=C/C/C=C/C/C=C/CC. The summed E-state index contributed by atoms with van der Waals surface area (Å²) in [6, 6.07) is -0.730. The summed E-state index contributed by atoms with van der Waals surface area (Å²) in [7, 11) is 5.42. The van der Waals surface area contributed by atoms with E-state index in [0.29, 0.717) is 12.8 Å². The Morgan fingerprint density at radius 1 is 0.455 bits per heavy atom. The standard InChI is InChI=1S/C58H101NO7/c1-6-8-10-12-14-16-18-20-22-24-26-27-28-29-31-33-35-37-39-41-43-45-47-49-57(61)66-54(52-64-51-50-55(58(62)63)59(3,4)5)53-65-56(60)48-46-44-42-40-38-36-34-32-30-25-23-21-19-17-15-13-11-9-7-2/h8-11,14-17,20-23,54-55H,6-7,12-13,18-19,24-53H2,1-5H3/b10-8+,11-9+,16-14+,17-15+,22-20+,23-21+. The molecule has 0 amide bonds. The molecule has 0 aliphatic carbocycles. The Bertz CT molecular complexity index is 1310. The Kier molecular flexibility index (Phi) is 45.9. The van der Waals surface area contributed by atoms with E-state index in [1.807, 2.05) is 0 Å². The number of carbonyl (C=O) groups is 3. The highest BCUT2D eigenvalue weighted by Gasteiger charge is 2.25. The lowest BCUT2D eigenvalue weighted by Crippen LogP contribution is -2.55. The van der Waals surface area contributed by atoms with E-state index >= 15 is 0 Å². The molecule has 0 aromatic rings. The second-order valence-corrected chi connectivity index (χ2v) is 19.1. The Labute approximate surface area is 406 Å². The first-order valence-corrected chi connectivity index (χ1v) is 27.0. The predicted molar refractivity (Wildman–Crippen MR) is 277 cm³/mol. The molecule has 2 atom stereocenters. The van der Waals surface area contributed by atoms with Crippen molar-refractivity contribution < 1.29 is 38.2 Å². The summed E-state index contributed by atoms with van der Waals surface area (Å²) in [6.45, 7) is 4.46. The van der Waals surface area contributed by atoms with E-state index in [0.717, 1.165) is 83.5 Å². The second-order valence-electron chi connectivity index (χ2n) is 19.1. The second kappa shape index (κ2) is 48.2. The highest BCUT2D eigenvalue weighted by atomic mass is 16.6. The average molecular weight is 924 g/mol. The zero-order valence-electron chi connectivity index (χ0n) is 43.3. The molecule has 0 aromatic heterocycles. The van der Waals surface area contributed by atoms with E-state index < -0.39 is 18.1 Å². The smallest absolute Gasteiger partial charge is 0.306 e. The lowest BCUT2D eigenvalue weighted by Gasteiger charge is -2.34. The number of quaternary nitrogens is 1. The lowest BCUT2D eigenvalue weighted by atomic mass is 10.0. The number of carboxylic acid groups (broad SMARTS) is 1. The number of nitrogens with zero attached hydrogens (tertiary/aromatic N) is 1. The fourth-order valence-electron chi connectivity index (χ4n) is 7.75. The van der Waals surface area contributed by atoms with Gasteiger partial charge < -0.3 is 28.6 Å². The molecule has 0 bridgehead atoms. The third-order valence-corrected chi connectivity index (χ3v) is 11.8. The maximum Gasteiger partial charge on any atom is 0.306 e. The number of likely N-dealkylation sites (N-methyl/N-ethyl adjacent to an activating group) is 1. The summed E-state index contributed by atoms with van der Waals surface area (Å²) >= 11 is 0. The van der Waals surface area contributed by atoms with Crippen LogP contribution in [0.3, 0.4) is 0 Å². The minimum Gasteiger partial charge on any atom is -0.544 e. The summed E-state index contributed by atoms with van der Waals surface area (Å²) in [5, 5.41) is 11.7. The molecule has 0 saturated heterocycles. The van der Waals surface area contributed by atoms with Crippen LogP contribution in [0.4, 0.5) is 0 Å². The van der Waals surface area contributed by atoms with Gasteiger partial charge in [0.2, 0.25) is 0 Å². The minimum atomic E-state index is -1.13. The van der Waals surface area contributed by atoms with Gasteiger partial charge >= 0.3 is 11.9 Å². The third kappa shape index (κ3) is 45.9. The molecule has 0 saturated carbocycles. The van der Waals surface area contributed by atoms with Gasteiger partial charge in [-0.2, -0.15) is 0 Å². The number of hydrogen-bond acceptors (Lipinski definition) is 7. The Morgan fingerprint density at radius 2 is 0.803 bits per heavy atom. The molecule has 66 heavy (non-hydrogen) atoms. The minimum absolute atomic E-state index is 0.0371. The Balaban J connectivity index is 4.20. The molecule has 0 radical (unpaired) electrons. The highest BCUT2D eigenvalue weighted by molar-refractivity contribution is 5.70. The fourth-order valence-corrected chi connectivity index (χ4v) is 7.75. The van der Waals surface area contributed by atoms with Crippen molar-refractivity contribution in [3.63, 3.8) is 0 Å². The van der Waals surface area contributed by atoms with Crippen LogP contribution >= 0.6 is 0 Å². The number of ether oxygens (including phenoxy) is 3. The molecular formula is C58H101NO7. The number of hydrogen-bond donors (Lipinski definition) is 0. The quantitative estimate of drug-likeness (QED) is 0.0259. The fraction of sp³-hybridized carbons (Fsp3) is 0.741. The van der Waals surface area contributed by atoms with Gasteiger partial charge in [-0.15, -0.1) is 0 Å². The van der Waals surface area contributed by atoms with Gasteiger partial charge in [-0.3, -0.25) is 9.59 Å². The molecule has 0 aliphatic rings. The predicted octanol–water partition coefficient (Wildman–Crippen LogP) is 14.5. The maximum atomic E-state index is 12.8. The topological polar surface area (TPSA) is 102 Å². The number of carbonyl (C=O) groups excluding carboxylic acids is 3. The molecule has 2 unspecified atom stereocenters. The normalized spacial score (nSPS) is 13.4. The van der Waals surface area contributed by atoms with Gasteiger partial charge in [0, 0.05) is 19.3 Å². The highest BCUT2D eigenvalue weighted by Crippen LogP contribution is 2.16. The number of carboxylic acids is 1. The van der Waals surface area contributed by atoms with Crippen LogP contribution in [0, 0.1) is 0 Å². The van der Waals surface area contributed by atoms with E-state index in [-0.39, 0.29) is 42.7 Å². The molecule has 380 valence electrons. The Morgan fingerprint density at radius 3 is 1.18 bits per heavy atom. The zero-order chi connectivity index (χ0) is 48.4. The maximum absolute atomic E-state index is 12.8. The number of esters is 2. The van der Waals surface area contributed by atoms with Gasteiger partial charge in [0.1, 0.15) is 12.6 Å². The van der Waals surface area contributed by atoms with Gasteiger partial charge in [-0.1, -0.05) is 202 Å². The van der Waals surface area contributed by atoms with E-state index in [9.17, 15) is 19.5 Å². The van der Waals surface area contributed by atoms with Crippen LogP contribution in [0.5, 0.6) is 0 Å². The van der Waals surface area contributed by atoms with Crippen molar-refractivity contribution >= 4 is 17.9 Å². The van der Waals surface area contributed by atoms with E-state index in [1.54, 1.807) is 21.1 Å². The van der Waals surface area contributed by atoms with Crippen molar-refractivity contribution in [2.75, 3.05) is 41.0 Å². The van der Waals surface area contributed by atoms with Crippen LogP contribution in [0.1, 0.15) is 226 Å². The molecule has 0 fully saturated rings. The van der Waals surface area contributed by atoms with E-state index in [2.05, 4.69) is 86.8 Å². The average Bonchev–Trinajstić information content (AvgIpc) is 3.28. The molecule has 0 heterocycles. The first-order chi connectivity index (χ1) is 32.1. The summed E-state index contributed by atoms with van der Waals surface area (Å²) < 4.78 is 17.3. The number of unbranched alkanes of at least 4 members (excludes halogenated alkanes) is 22. The van der Waals surface area contributed by atoms with Crippen molar-refractivity contribution in [2.24, 2.45) is 0 Å². The third-order valence-electron chi connectivity index (χ3n) is 11.8. The van der Waals surface area contributed by atoms with Crippen molar-refractivity contribution in [3.8, 4) is 0 Å². The van der Waals surface area contributed by atoms with Crippen LogP contribution in [0.25, 0.3) is 0 Å². The van der Waals surface area contributed by atoms with Gasteiger partial charge in [0.25, 0.3) is 0 Å². The molecule has 0 spiro atoms. The monoisotopic (exact) mass is 924 g/mol. The van der Waals surface area contributed by atoms with E-state index in [1.165, 1.54) is 109 Å². The van der Waals surface area contributed by atoms with Crippen LogP contribution in [0.15, 0.2) is 72.9 Å². The zero-order valence-corrected chi connectivity index (χ0v) is 43.3. The van der Waals surface area contributed by atoms with Crippen molar-refractivity contribution in [1.29, 1.82) is 0 Å². The summed E-state index contributed by atoms with van der Waals surface area (Å²) in [6.07, 6.45) is 62.2. The van der Waals surface area contributed by atoms with Crippen LogP contribution in [-0.2, 0) is 28.6 Å². The van der Waals surface area contributed by atoms with Crippen LogP contribution in [0.2, 0.25) is 0 Å². The van der Waals surface area contributed by atoms with Gasteiger partial charge in [0.15, 0.2) is 6.10 Å². The summed E-state index contributed by atoms with van der Waals surface area (Å²) in [5.74, 6) is -1.74. The van der Waals surface area contributed by atoms with Crippen LogP contribution in [-0.4, -0.2) is 75.5 Å². The van der Waals surface area contributed by atoms with Crippen molar-refractivity contribution in [2.45, 2.75) is 238 Å². The molecule has 0 rings (SSSR count). The van der Waals surface area contributed by atoms with Gasteiger partial charge in [-0.05, 0) is 77.0 Å². The van der Waals surface area contributed by atoms with E-state index in [4.69, 9.17) is 14.2 Å². The summed E-state index contributed by atoms with van der Waals surface area (Å²) in [4.78, 5) is 37.1. The first-order valence-electron chi connectivity index (χ1n) is 27.0. The number of rotatable bonds is 48.